The molecule has 0 spiro atoms. The van der Waals surface area contributed by atoms with E-state index in [9.17, 15) is 4.57 Å². The third kappa shape index (κ3) is 3.97. The molecule has 0 aliphatic rings. The zero-order valence-corrected chi connectivity index (χ0v) is 13.1. The third-order valence-electron chi connectivity index (χ3n) is 2.87. The van der Waals surface area contributed by atoms with E-state index >= 15 is 0 Å². The lowest BCUT2D eigenvalue weighted by molar-refractivity contribution is 0.214. The van der Waals surface area contributed by atoms with Gasteiger partial charge in [-0.3, -0.25) is 4.57 Å². The lowest BCUT2D eigenvalue weighted by Gasteiger charge is -2.27. The minimum absolute atomic E-state index is 0.308. The molecule has 0 saturated heterocycles. The maximum Gasteiger partial charge on any atom is 0.357 e. The monoisotopic (exact) mass is 309 g/mol. The molecule has 0 bridgehead atoms. The minimum atomic E-state index is -3.35. The first kappa shape index (κ1) is 15.8. The summed E-state index contributed by atoms with van der Waals surface area (Å²) < 4.78 is 29.1. The van der Waals surface area contributed by atoms with Crippen LogP contribution >= 0.6 is 7.60 Å². The molecule has 1 aromatic carbocycles. The van der Waals surface area contributed by atoms with Crippen LogP contribution in [0.3, 0.4) is 0 Å². The maximum atomic E-state index is 13.1. The van der Waals surface area contributed by atoms with Crippen molar-refractivity contribution in [3.8, 4) is 0 Å². The fraction of sp³-hybridized carbons (Fsp3) is 0.333. The van der Waals surface area contributed by atoms with Crippen molar-refractivity contribution < 1.29 is 18.0 Å². The second kappa shape index (κ2) is 7.46. The van der Waals surface area contributed by atoms with Crippen LogP contribution < -0.4 is 5.32 Å². The Morgan fingerprint density at radius 1 is 1.14 bits per heavy atom. The average molecular weight is 309 g/mol. The van der Waals surface area contributed by atoms with Crippen molar-refractivity contribution in [3.05, 3.63) is 54.5 Å². The topological polar surface area (TPSA) is 60.7 Å². The average Bonchev–Trinajstić information content (AvgIpc) is 3.00. The zero-order valence-electron chi connectivity index (χ0n) is 12.2. The van der Waals surface area contributed by atoms with E-state index < -0.39 is 13.4 Å². The van der Waals surface area contributed by atoms with Crippen molar-refractivity contribution >= 4 is 13.3 Å². The number of furan rings is 1. The lowest BCUT2D eigenvalue weighted by Crippen LogP contribution is -2.14. The fourth-order valence-electron chi connectivity index (χ4n) is 2.01. The second-order valence-electron chi connectivity index (χ2n) is 4.34. The van der Waals surface area contributed by atoms with Crippen molar-refractivity contribution in [1.29, 1.82) is 0 Å². The molecule has 2 rings (SSSR count). The number of para-hydroxylation sites is 1. The van der Waals surface area contributed by atoms with Crippen LogP contribution in [0.15, 0.2) is 53.3 Å². The first-order valence-corrected chi connectivity index (χ1v) is 8.53. The molecule has 21 heavy (non-hydrogen) atoms. The molecule has 1 atom stereocenters. The van der Waals surface area contributed by atoms with Gasteiger partial charge >= 0.3 is 7.60 Å². The van der Waals surface area contributed by atoms with Crippen LogP contribution in [-0.4, -0.2) is 13.2 Å². The SMILES string of the molecule is CCOP(=O)(OCC)C(Nc1ccccc1)c1ccoc1. The summed E-state index contributed by atoms with van der Waals surface area (Å²) in [6.45, 7) is 4.20. The predicted molar refractivity (Wildman–Crippen MR) is 82.4 cm³/mol. The molecule has 0 saturated carbocycles. The van der Waals surface area contributed by atoms with Gasteiger partial charge in [0.25, 0.3) is 0 Å². The smallest absolute Gasteiger partial charge is 0.357 e. The van der Waals surface area contributed by atoms with E-state index in [1.165, 1.54) is 6.26 Å². The van der Waals surface area contributed by atoms with Crippen molar-refractivity contribution in [2.24, 2.45) is 0 Å². The van der Waals surface area contributed by atoms with Crippen LogP contribution in [-0.2, 0) is 13.6 Å². The third-order valence-corrected chi connectivity index (χ3v) is 5.17. The summed E-state index contributed by atoms with van der Waals surface area (Å²) in [5.74, 6) is -0.612. The zero-order chi connectivity index (χ0) is 15.1. The highest BCUT2D eigenvalue weighted by Gasteiger charge is 2.37. The van der Waals surface area contributed by atoms with E-state index in [1.807, 2.05) is 30.3 Å². The Morgan fingerprint density at radius 3 is 2.33 bits per heavy atom. The van der Waals surface area contributed by atoms with Crippen molar-refractivity contribution in [2.75, 3.05) is 18.5 Å². The van der Waals surface area contributed by atoms with Gasteiger partial charge in [-0.2, -0.15) is 0 Å². The quantitative estimate of drug-likeness (QED) is 0.719. The molecule has 0 aliphatic heterocycles. The summed E-state index contributed by atoms with van der Waals surface area (Å²) in [6.07, 6.45) is 3.09. The van der Waals surface area contributed by atoms with Crippen molar-refractivity contribution in [2.45, 2.75) is 19.6 Å². The number of rotatable bonds is 8. The van der Waals surface area contributed by atoms with Crippen LogP contribution in [0.2, 0.25) is 0 Å². The molecule has 6 heteroatoms. The van der Waals surface area contributed by atoms with Crippen LogP contribution in [0, 0.1) is 0 Å². The van der Waals surface area contributed by atoms with E-state index in [0.29, 0.717) is 13.2 Å². The largest absolute Gasteiger partial charge is 0.472 e. The molecular weight excluding hydrogens is 289 g/mol. The highest BCUT2D eigenvalue weighted by atomic mass is 31.2. The summed E-state index contributed by atoms with van der Waals surface area (Å²) in [7, 11) is -3.35. The van der Waals surface area contributed by atoms with Gasteiger partial charge in [-0.25, -0.2) is 0 Å². The number of nitrogens with one attached hydrogen (secondary N) is 1. The lowest BCUT2D eigenvalue weighted by atomic mass is 10.3. The Hall–Kier alpha value is -1.55. The number of hydrogen-bond acceptors (Lipinski definition) is 5. The number of anilines is 1. The second-order valence-corrected chi connectivity index (χ2v) is 6.46. The minimum Gasteiger partial charge on any atom is -0.472 e. The van der Waals surface area contributed by atoms with Crippen molar-refractivity contribution in [3.63, 3.8) is 0 Å². The molecule has 0 radical (unpaired) electrons. The first-order chi connectivity index (χ1) is 10.2. The van der Waals surface area contributed by atoms with Crippen LogP contribution in [0.4, 0.5) is 5.69 Å². The van der Waals surface area contributed by atoms with Gasteiger partial charge < -0.3 is 18.8 Å². The molecule has 114 valence electrons. The van der Waals surface area contributed by atoms with Gasteiger partial charge in [-0.05, 0) is 32.0 Å². The fourth-order valence-corrected chi connectivity index (χ4v) is 3.93. The summed E-state index contributed by atoms with van der Waals surface area (Å²) in [4.78, 5) is 0. The van der Waals surface area contributed by atoms with E-state index in [1.54, 1.807) is 26.2 Å². The number of hydrogen-bond donors (Lipinski definition) is 1. The summed E-state index contributed by atoms with van der Waals surface area (Å²) in [6, 6.07) is 11.3. The van der Waals surface area contributed by atoms with Crippen molar-refractivity contribution in [1.82, 2.24) is 0 Å². The van der Waals surface area contributed by atoms with E-state index in [4.69, 9.17) is 13.5 Å². The Balaban J connectivity index is 2.33. The molecule has 1 aromatic heterocycles. The molecule has 0 amide bonds. The number of benzene rings is 1. The molecule has 1 N–H and O–H groups in total. The Kier molecular flexibility index (Phi) is 5.62. The molecule has 2 aromatic rings. The van der Waals surface area contributed by atoms with E-state index in [-0.39, 0.29) is 0 Å². The molecule has 0 aliphatic carbocycles. The van der Waals surface area contributed by atoms with Gasteiger partial charge in [0.05, 0.1) is 25.7 Å². The van der Waals surface area contributed by atoms with Crippen LogP contribution in [0.5, 0.6) is 0 Å². The normalized spacial score (nSPS) is 13.0. The van der Waals surface area contributed by atoms with Gasteiger partial charge in [-0.1, -0.05) is 18.2 Å². The Labute approximate surface area is 124 Å². The van der Waals surface area contributed by atoms with Gasteiger partial charge in [0.2, 0.25) is 0 Å². The maximum absolute atomic E-state index is 13.1. The van der Waals surface area contributed by atoms with Crippen LogP contribution in [0.1, 0.15) is 25.2 Å². The standard InChI is InChI=1S/C15H20NO4P/c1-3-19-21(17,20-4-2)15(13-10-11-18-12-13)16-14-8-6-5-7-9-14/h5-12,15-16H,3-4H2,1-2H3. The molecule has 0 fully saturated rings. The van der Waals surface area contributed by atoms with E-state index in [0.717, 1.165) is 11.3 Å². The first-order valence-electron chi connectivity index (χ1n) is 6.92. The highest BCUT2D eigenvalue weighted by Crippen LogP contribution is 2.60. The Morgan fingerprint density at radius 2 is 1.81 bits per heavy atom. The summed E-state index contributed by atoms with van der Waals surface area (Å²) in [5, 5.41) is 3.22. The van der Waals surface area contributed by atoms with Gasteiger partial charge in [-0.15, -0.1) is 0 Å². The summed E-state index contributed by atoms with van der Waals surface area (Å²) >= 11 is 0. The summed E-state index contributed by atoms with van der Waals surface area (Å²) in [5.41, 5.74) is 1.56. The molecule has 1 unspecified atom stereocenters. The van der Waals surface area contributed by atoms with Crippen LogP contribution in [0.25, 0.3) is 0 Å². The van der Waals surface area contributed by atoms with Gasteiger partial charge in [0.1, 0.15) is 0 Å². The van der Waals surface area contributed by atoms with E-state index in [2.05, 4.69) is 5.32 Å². The molecule has 1 heterocycles. The molecular formula is C15H20NO4P. The predicted octanol–water partition coefficient (Wildman–Crippen LogP) is 4.66. The van der Waals surface area contributed by atoms with Gasteiger partial charge in [0.15, 0.2) is 5.78 Å². The Bertz CT molecular complexity index is 561. The molecule has 5 nitrogen and oxygen atoms in total. The highest BCUT2D eigenvalue weighted by molar-refractivity contribution is 7.54. The van der Waals surface area contributed by atoms with Gasteiger partial charge in [0, 0.05) is 11.3 Å².